The van der Waals surface area contributed by atoms with Gasteiger partial charge in [-0.05, 0) is 18.2 Å². The highest BCUT2D eigenvalue weighted by atomic mass is 79.9. The third-order valence-corrected chi connectivity index (χ3v) is 4.20. The summed E-state index contributed by atoms with van der Waals surface area (Å²) in [6, 6.07) is 13.7. The van der Waals surface area contributed by atoms with Crippen LogP contribution in [0.2, 0.25) is 5.02 Å². The topological polar surface area (TPSA) is 35.2 Å². The van der Waals surface area contributed by atoms with Gasteiger partial charge in [0.05, 0.1) is 0 Å². The van der Waals surface area contributed by atoms with E-state index in [9.17, 15) is 0 Å². The third kappa shape index (κ3) is 2.50. The summed E-state index contributed by atoms with van der Waals surface area (Å²) in [6.45, 7) is 0. The zero-order chi connectivity index (χ0) is 13.4. The Balaban J connectivity index is 1.99. The lowest BCUT2D eigenvalue weighted by Crippen LogP contribution is -2.24. The van der Waals surface area contributed by atoms with Crippen LogP contribution in [0, 0.1) is 0 Å². The molecule has 2 nitrogen and oxygen atoms in total. The van der Waals surface area contributed by atoms with E-state index in [4.69, 9.17) is 22.1 Å². The molecule has 2 aromatic rings. The Bertz CT molecular complexity index is 617. The van der Waals surface area contributed by atoms with E-state index in [0.717, 1.165) is 32.8 Å². The normalized spacial score (nSPS) is 21.6. The van der Waals surface area contributed by atoms with Crippen LogP contribution in [0.25, 0.3) is 0 Å². The molecule has 0 saturated carbocycles. The molecular weight excluding hydrogens is 326 g/mol. The first-order valence-corrected chi connectivity index (χ1v) is 7.28. The van der Waals surface area contributed by atoms with Gasteiger partial charge in [0.1, 0.15) is 11.9 Å². The van der Waals surface area contributed by atoms with Gasteiger partial charge in [-0.15, -0.1) is 0 Å². The second kappa shape index (κ2) is 5.16. The molecule has 4 heteroatoms. The zero-order valence-corrected chi connectivity index (χ0v) is 12.5. The van der Waals surface area contributed by atoms with E-state index >= 15 is 0 Å². The third-order valence-electron chi connectivity index (χ3n) is 3.36. The first-order valence-electron chi connectivity index (χ1n) is 6.11. The van der Waals surface area contributed by atoms with Gasteiger partial charge < -0.3 is 10.5 Å². The average molecular weight is 339 g/mol. The van der Waals surface area contributed by atoms with E-state index in [1.807, 2.05) is 42.5 Å². The fourth-order valence-corrected chi connectivity index (χ4v) is 3.00. The Kier molecular flexibility index (Phi) is 3.52. The monoisotopic (exact) mass is 337 g/mol. The Hall–Kier alpha value is -1.03. The van der Waals surface area contributed by atoms with Crippen molar-refractivity contribution in [1.29, 1.82) is 0 Å². The number of benzene rings is 2. The summed E-state index contributed by atoms with van der Waals surface area (Å²) in [5.74, 6) is 0.832. The average Bonchev–Trinajstić information content (AvgIpc) is 2.38. The first-order chi connectivity index (χ1) is 9.15. The molecule has 2 atom stereocenters. The smallest absolute Gasteiger partial charge is 0.127 e. The van der Waals surface area contributed by atoms with Crippen molar-refractivity contribution >= 4 is 27.5 Å². The van der Waals surface area contributed by atoms with Crippen LogP contribution >= 0.6 is 27.5 Å². The van der Waals surface area contributed by atoms with Crippen molar-refractivity contribution in [2.75, 3.05) is 0 Å². The van der Waals surface area contributed by atoms with Gasteiger partial charge in [-0.3, -0.25) is 0 Å². The summed E-state index contributed by atoms with van der Waals surface area (Å²) in [5.41, 5.74) is 8.27. The molecule has 0 aromatic heterocycles. The van der Waals surface area contributed by atoms with Crippen molar-refractivity contribution in [1.82, 2.24) is 0 Å². The number of nitrogens with two attached hydrogens (primary N) is 1. The van der Waals surface area contributed by atoms with E-state index in [2.05, 4.69) is 15.9 Å². The maximum Gasteiger partial charge on any atom is 0.127 e. The SMILES string of the molecule is N[C@H]1CC(c2ccccc2Cl)Oc2cc(Br)ccc21. The maximum atomic E-state index is 6.24. The lowest BCUT2D eigenvalue weighted by atomic mass is 9.93. The Morgan fingerprint density at radius 2 is 1.95 bits per heavy atom. The predicted molar refractivity (Wildman–Crippen MR) is 80.5 cm³/mol. The minimum Gasteiger partial charge on any atom is -0.485 e. The van der Waals surface area contributed by atoms with Crippen LogP contribution in [0.15, 0.2) is 46.9 Å². The largest absolute Gasteiger partial charge is 0.485 e. The molecular formula is C15H13BrClNO. The number of hydrogen-bond acceptors (Lipinski definition) is 2. The van der Waals surface area contributed by atoms with E-state index in [1.54, 1.807) is 0 Å². The number of hydrogen-bond donors (Lipinski definition) is 1. The summed E-state index contributed by atoms with van der Waals surface area (Å²) < 4.78 is 7.04. The second-order valence-electron chi connectivity index (χ2n) is 4.65. The van der Waals surface area contributed by atoms with Crippen molar-refractivity contribution in [3.63, 3.8) is 0 Å². The number of halogens is 2. The Morgan fingerprint density at radius 1 is 1.16 bits per heavy atom. The van der Waals surface area contributed by atoms with Crippen molar-refractivity contribution in [2.45, 2.75) is 18.6 Å². The molecule has 2 N–H and O–H groups in total. The molecule has 0 spiro atoms. The molecule has 0 amide bonds. The van der Waals surface area contributed by atoms with Gasteiger partial charge in [-0.1, -0.05) is 51.8 Å². The van der Waals surface area contributed by atoms with Crippen LogP contribution in [-0.2, 0) is 0 Å². The Morgan fingerprint density at radius 3 is 2.74 bits per heavy atom. The number of ether oxygens (including phenoxy) is 1. The fourth-order valence-electron chi connectivity index (χ4n) is 2.40. The van der Waals surface area contributed by atoms with E-state index in [-0.39, 0.29) is 12.1 Å². The summed E-state index contributed by atoms with van der Waals surface area (Å²) in [4.78, 5) is 0. The molecule has 1 heterocycles. The molecule has 0 fully saturated rings. The molecule has 0 aliphatic carbocycles. The molecule has 1 aliphatic rings. The van der Waals surface area contributed by atoms with Crippen molar-refractivity contribution < 1.29 is 4.74 Å². The summed E-state index contributed by atoms with van der Waals surface area (Å²) in [5, 5.41) is 0.721. The maximum absolute atomic E-state index is 6.24. The lowest BCUT2D eigenvalue weighted by Gasteiger charge is -2.31. The highest BCUT2D eigenvalue weighted by Crippen LogP contribution is 2.42. The summed E-state index contributed by atoms with van der Waals surface area (Å²) >= 11 is 9.69. The molecule has 1 unspecified atom stereocenters. The van der Waals surface area contributed by atoms with Crippen LogP contribution in [-0.4, -0.2) is 0 Å². The van der Waals surface area contributed by atoms with Crippen LogP contribution in [0.4, 0.5) is 0 Å². The fraction of sp³-hybridized carbons (Fsp3) is 0.200. The van der Waals surface area contributed by atoms with Gasteiger partial charge in [0, 0.05) is 33.1 Å². The number of fused-ring (bicyclic) bond motifs is 1. The van der Waals surface area contributed by atoms with Crippen LogP contribution in [0.5, 0.6) is 5.75 Å². The predicted octanol–water partition coefficient (Wildman–Crippen LogP) is 4.63. The minimum atomic E-state index is -0.0921. The molecule has 0 radical (unpaired) electrons. The quantitative estimate of drug-likeness (QED) is 0.823. The Labute approximate surface area is 125 Å². The summed E-state index contributed by atoms with van der Waals surface area (Å²) in [6.07, 6.45) is 0.642. The molecule has 3 rings (SSSR count). The first kappa shape index (κ1) is 13.0. The van der Waals surface area contributed by atoms with E-state index in [0.29, 0.717) is 0 Å². The van der Waals surface area contributed by atoms with Gasteiger partial charge in [0.2, 0.25) is 0 Å². The highest BCUT2D eigenvalue weighted by molar-refractivity contribution is 9.10. The van der Waals surface area contributed by atoms with E-state index in [1.165, 1.54) is 0 Å². The molecule has 0 bridgehead atoms. The van der Waals surface area contributed by atoms with Crippen LogP contribution in [0.3, 0.4) is 0 Å². The van der Waals surface area contributed by atoms with Crippen LogP contribution < -0.4 is 10.5 Å². The van der Waals surface area contributed by atoms with Crippen molar-refractivity contribution in [3.05, 3.63) is 63.1 Å². The standard InChI is InChI=1S/C15H13BrClNO/c16-9-5-6-11-13(18)8-15(19-14(11)7-9)10-3-1-2-4-12(10)17/h1-7,13,15H,8,18H2/t13-,15?/m0/s1. The number of rotatable bonds is 1. The highest BCUT2D eigenvalue weighted by Gasteiger charge is 2.28. The molecule has 98 valence electrons. The molecule has 1 aliphatic heterocycles. The van der Waals surface area contributed by atoms with Crippen molar-refractivity contribution in [3.8, 4) is 5.75 Å². The van der Waals surface area contributed by atoms with Gasteiger partial charge in [0.15, 0.2) is 0 Å². The van der Waals surface area contributed by atoms with Gasteiger partial charge >= 0.3 is 0 Å². The molecule has 19 heavy (non-hydrogen) atoms. The van der Waals surface area contributed by atoms with Gasteiger partial charge in [-0.2, -0.15) is 0 Å². The van der Waals surface area contributed by atoms with Gasteiger partial charge in [0.25, 0.3) is 0 Å². The van der Waals surface area contributed by atoms with Crippen molar-refractivity contribution in [2.24, 2.45) is 5.73 Å². The van der Waals surface area contributed by atoms with Gasteiger partial charge in [-0.25, -0.2) is 0 Å². The lowest BCUT2D eigenvalue weighted by molar-refractivity contribution is 0.161. The van der Waals surface area contributed by atoms with E-state index < -0.39 is 0 Å². The molecule has 2 aromatic carbocycles. The zero-order valence-electron chi connectivity index (χ0n) is 10.1. The molecule has 0 saturated heterocycles. The minimum absolute atomic E-state index is 0.0295. The van der Waals surface area contributed by atoms with Crippen LogP contribution in [0.1, 0.15) is 29.7 Å². The second-order valence-corrected chi connectivity index (χ2v) is 5.98. The summed E-state index contributed by atoms with van der Waals surface area (Å²) in [7, 11) is 0.